The first-order chi connectivity index (χ1) is 5.74. The van der Waals surface area contributed by atoms with Crippen LogP contribution >= 0.6 is 0 Å². The van der Waals surface area contributed by atoms with E-state index in [1.165, 1.54) is 19.5 Å². The summed E-state index contributed by atoms with van der Waals surface area (Å²) in [7, 11) is 1.52. The highest BCUT2D eigenvalue weighted by Crippen LogP contribution is 1.98. The van der Waals surface area contributed by atoms with Gasteiger partial charge in [0.2, 0.25) is 0 Å². The van der Waals surface area contributed by atoms with Gasteiger partial charge in [0, 0.05) is 7.11 Å². The van der Waals surface area contributed by atoms with Gasteiger partial charge in [-0.2, -0.15) is 0 Å². The fourth-order valence-electron chi connectivity index (χ4n) is 0.741. The van der Waals surface area contributed by atoms with Crippen molar-refractivity contribution in [3.63, 3.8) is 0 Å². The van der Waals surface area contributed by atoms with Crippen LogP contribution in [0, 0.1) is 0 Å². The molecule has 0 fully saturated rings. The number of hydrogen-bond acceptors (Lipinski definition) is 4. The van der Waals surface area contributed by atoms with E-state index in [4.69, 9.17) is 9.84 Å². The molecule has 0 amide bonds. The van der Waals surface area contributed by atoms with Crippen molar-refractivity contribution in [1.29, 1.82) is 0 Å². The number of carboxylic acid groups (broad SMARTS) is 1. The predicted octanol–water partition coefficient (Wildman–Crippen LogP) is 0.321. The zero-order chi connectivity index (χ0) is 8.97. The topological polar surface area (TPSA) is 72.3 Å². The Morgan fingerprint density at radius 1 is 1.67 bits per heavy atom. The molecule has 0 unspecified atom stereocenters. The van der Waals surface area contributed by atoms with E-state index in [0.29, 0.717) is 12.3 Å². The minimum atomic E-state index is -1.06. The van der Waals surface area contributed by atoms with Gasteiger partial charge in [0.25, 0.3) is 0 Å². The van der Waals surface area contributed by atoms with Gasteiger partial charge >= 0.3 is 5.97 Å². The Morgan fingerprint density at radius 2 is 2.42 bits per heavy atom. The molecule has 0 aliphatic heterocycles. The summed E-state index contributed by atoms with van der Waals surface area (Å²) in [6.45, 7) is 0.294. The molecule has 0 saturated carbocycles. The first-order valence-electron chi connectivity index (χ1n) is 3.27. The summed E-state index contributed by atoms with van der Waals surface area (Å²) in [5.41, 5.74) is 0.543. The first-order valence-corrected chi connectivity index (χ1v) is 3.27. The molecular formula is C7H8N2O3. The van der Waals surface area contributed by atoms with Crippen LogP contribution in [0.2, 0.25) is 0 Å². The van der Waals surface area contributed by atoms with Gasteiger partial charge in [0.05, 0.1) is 12.3 Å². The van der Waals surface area contributed by atoms with Gasteiger partial charge in [-0.05, 0) is 6.07 Å². The highest BCUT2D eigenvalue weighted by Gasteiger charge is 2.04. The zero-order valence-corrected chi connectivity index (χ0v) is 6.52. The van der Waals surface area contributed by atoms with Gasteiger partial charge in [-0.3, -0.25) is 0 Å². The lowest BCUT2D eigenvalue weighted by Crippen LogP contribution is -2.03. The van der Waals surface area contributed by atoms with Crippen LogP contribution in [0.3, 0.4) is 0 Å². The molecule has 1 N–H and O–H groups in total. The van der Waals surface area contributed by atoms with Gasteiger partial charge in [0.15, 0.2) is 5.69 Å². The second kappa shape index (κ2) is 3.77. The van der Waals surface area contributed by atoms with E-state index in [-0.39, 0.29) is 5.69 Å². The molecule has 1 aromatic rings. The van der Waals surface area contributed by atoms with Crippen LogP contribution in [0.5, 0.6) is 0 Å². The van der Waals surface area contributed by atoms with E-state index < -0.39 is 5.97 Å². The Balaban J connectivity index is 2.88. The normalized spacial score (nSPS) is 9.75. The summed E-state index contributed by atoms with van der Waals surface area (Å²) in [4.78, 5) is 17.8. The van der Waals surface area contributed by atoms with Crippen molar-refractivity contribution in [3.05, 3.63) is 23.8 Å². The smallest absolute Gasteiger partial charge is 0.354 e. The maximum atomic E-state index is 10.4. The molecule has 0 aliphatic carbocycles. The van der Waals surface area contributed by atoms with Crippen molar-refractivity contribution in [2.45, 2.75) is 6.61 Å². The standard InChI is InChI=1S/C7H8N2O3/c1-12-3-5-2-6(7(10)11)9-4-8-5/h2,4H,3H2,1H3,(H,10,11). The lowest BCUT2D eigenvalue weighted by Gasteiger charge is -1.98. The quantitative estimate of drug-likeness (QED) is 0.703. The SMILES string of the molecule is COCc1cc(C(=O)O)ncn1. The van der Waals surface area contributed by atoms with Crippen molar-refractivity contribution >= 4 is 5.97 Å². The van der Waals surface area contributed by atoms with E-state index in [1.54, 1.807) is 0 Å². The van der Waals surface area contributed by atoms with E-state index in [0.717, 1.165) is 0 Å². The van der Waals surface area contributed by atoms with Crippen LogP contribution in [0.25, 0.3) is 0 Å². The summed E-state index contributed by atoms with van der Waals surface area (Å²) in [5, 5.41) is 8.55. The Hall–Kier alpha value is -1.49. The van der Waals surface area contributed by atoms with Crippen LogP contribution in [-0.4, -0.2) is 28.2 Å². The average molecular weight is 168 g/mol. The number of carbonyl (C=O) groups is 1. The van der Waals surface area contributed by atoms with E-state index >= 15 is 0 Å². The minimum absolute atomic E-state index is 0.0166. The van der Waals surface area contributed by atoms with Gasteiger partial charge in [0.1, 0.15) is 6.33 Å². The average Bonchev–Trinajstić information content (AvgIpc) is 2.05. The van der Waals surface area contributed by atoms with Crippen LogP contribution in [0.15, 0.2) is 12.4 Å². The lowest BCUT2D eigenvalue weighted by atomic mass is 10.3. The van der Waals surface area contributed by atoms with Crippen molar-refractivity contribution < 1.29 is 14.6 Å². The maximum absolute atomic E-state index is 10.4. The fourth-order valence-corrected chi connectivity index (χ4v) is 0.741. The first kappa shape index (κ1) is 8.61. The molecule has 5 heteroatoms. The molecule has 0 aliphatic rings. The summed E-state index contributed by atoms with van der Waals surface area (Å²) in [5.74, 6) is -1.06. The number of ether oxygens (including phenoxy) is 1. The number of aromatic nitrogens is 2. The number of nitrogens with zero attached hydrogens (tertiary/aromatic N) is 2. The molecule has 0 aromatic carbocycles. The van der Waals surface area contributed by atoms with E-state index in [2.05, 4.69) is 9.97 Å². The molecule has 1 aromatic heterocycles. The third-order valence-corrected chi connectivity index (χ3v) is 1.24. The third-order valence-electron chi connectivity index (χ3n) is 1.24. The molecular weight excluding hydrogens is 160 g/mol. The second-order valence-corrected chi connectivity index (χ2v) is 2.13. The van der Waals surface area contributed by atoms with Crippen molar-refractivity contribution in [3.8, 4) is 0 Å². The van der Waals surface area contributed by atoms with E-state index in [1.807, 2.05) is 0 Å². The number of methoxy groups -OCH3 is 1. The zero-order valence-electron chi connectivity index (χ0n) is 6.52. The Bertz CT molecular complexity index is 288. The lowest BCUT2D eigenvalue weighted by molar-refractivity contribution is 0.0689. The Labute approximate surface area is 69.0 Å². The second-order valence-electron chi connectivity index (χ2n) is 2.13. The number of rotatable bonds is 3. The summed E-state index contributed by atoms with van der Waals surface area (Å²) < 4.78 is 4.78. The molecule has 0 atom stereocenters. The van der Waals surface area contributed by atoms with Crippen molar-refractivity contribution in [1.82, 2.24) is 9.97 Å². The summed E-state index contributed by atoms with van der Waals surface area (Å²) in [6, 6.07) is 1.38. The van der Waals surface area contributed by atoms with Gasteiger partial charge in [-0.1, -0.05) is 0 Å². The molecule has 0 spiro atoms. The minimum Gasteiger partial charge on any atom is -0.477 e. The van der Waals surface area contributed by atoms with Crippen LogP contribution in [0.4, 0.5) is 0 Å². The van der Waals surface area contributed by atoms with Crippen LogP contribution in [-0.2, 0) is 11.3 Å². The van der Waals surface area contributed by atoms with Gasteiger partial charge < -0.3 is 9.84 Å². The predicted molar refractivity (Wildman–Crippen MR) is 39.7 cm³/mol. The Kier molecular flexibility index (Phi) is 2.71. The molecule has 5 nitrogen and oxygen atoms in total. The van der Waals surface area contributed by atoms with Crippen molar-refractivity contribution in [2.24, 2.45) is 0 Å². The number of carboxylic acids is 1. The monoisotopic (exact) mass is 168 g/mol. The molecule has 12 heavy (non-hydrogen) atoms. The fraction of sp³-hybridized carbons (Fsp3) is 0.286. The molecule has 1 heterocycles. The van der Waals surface area contributed by atoms with Gasteiger partial charge in [-0.25, -0.2) is 14.8 Å². The number of hydrogen-bond donors (Lipinski definition) is 1. The van der Waals surface area contributed by atoms with Crippen LogP contribution in [0.1, 0.15) is 16.2 Å². The Morgan fingerprint density at radius 3 is 3.00 bits per heavy atom. The third kappa shape index (κ3) is 2.00. The maximum Gasteiger partial charge on any atom is 0.354 e. The highest BCUT2D eigenvalue weighted by atomic mass is 16.5. The summed E-state index contributed by atoms with van der Waals surface area (Å²) >= 11 is 0. The molecule has 0 radical (unpaired) electrons. The van der Waals surface area contributed by atoms with Gasteiger partial charge in [-0.15, -0.1) is 0 Å². The van der Waals surface area contributed by atoms with Crippen molar-refractivity contribution in [2.75, 3.05) is 7.11 Å². The van der Waals surface area contributed by atoms with Crippen LogP contribution < -0.4 is 0 Å². The number of aromatic carboxylic acids is 1. The molecule has 64 valence electrons. The summed E-state index contributed by atoms with van der Waals surface area (Å²) in [6.07, 6.45) is 1.21. The largest absolute Gasteiger partial charge is 0.477 e. The van der Waals surface area contributed by atoms with E-state index in [9.17, 15) is 4.79 Å². The highest BCUT2D eigenvalue weighted by molar-refractivity contribution is 5.85. The molecule has 0 saturated heterocycles. The molecule has 0 bridgehead atoms. The molecule has 1 rings (SSSR count).